The van der Waals surface area contributed by atoms with E-state index >= 15 is 9.59 Å². The summed E-state index contributed by atoms with van der Waals surface area (Å²) in [6.45, 7) is 9.71. The van der Waals surface area contributed by atoms with Crippen LogP contribution in [0.2, 0.25) is 0 Å². The minimum absolute atomic E-state index is 0.0427. The van der Waals surface area contributed by atoms with Crippen LogP contribution < -0.4 is 0 Å². The van der Waals surface area contributed by atoms with Gasteiger partial charge >= 0.3 is 17.9 Å². The molecule has 4 aromatic rings. The van der Waals surface area contributed by atoms with Gasteiger partial charge in [0.2, 0.25) is 0 Å². The lowest BCUT2D eigenvalue weighted by molar-refractivity contribution is -0.217. The van der Waals surface area contributed by atoms with Crippen LogP contribution in [-0.4, -0.2) is 52.5 Å². The van der Waals surface area contributed by atoms with Crippen LogP contribution in [0.5, 0.6) is 0 Å². The molecule has 2 fully saturated rings. The summed E-state index contributed by atoms with van der Waals surface area (Å²) in [5.74, 6) is -4.43. The van der Waals surface area contributed by atoms with Crippen molar-refractivity contribution in [1.82, 2.24) is 5.06 Å². The third kappa shape index (κ3) is 7.53. The average molecular weight is 718 g/mol. The van der Waals surface area contributed by atoms with Crippen molar-refractivity contribution in [2.75, 3.05) is 6.61 Å². The molecule has 1 heterocycles. The van der Waals surface area contributed by atoms with Gasteiger partial charge in [0.05, 0.1) is 12.5 Å². The highest BCUT2D eigenvalue weighted by Gasteiger charge is 2.68. The number of hydroxylamine groups is 2. The first-order valence-corrected chi connectivity index (χ1v) is 18.7. The van der Waals surface area contributed by atoms with Crippen LogP contribution in [0.4, 0.5) is 0 Å². The van der Waals surface area contributed by atoms with Crippen LogP contribution in [-0.2, 0) is 34.0 Å². The molecule has 1 N–H and O–H groups in total. The van der Waals surface area contributed by atoms with E-state index in [-0.39, 0.29) is 17.9 Å². The van der Waals surface area contributed by atoms with E-state index in [1.807, 2.05) is 84.9 Å². The molecule has 8 heteroatoms. The molecule has 1 saturated carbocycles. The molecule has 7 atom stereocenters. The van der Waals surface area contributed by atoms with Crippen LogP contribution in [0.15, 0.2) is 121 Å². The zero-order chi connectivity index (χ0) is 37.8. The average Bonchev–Trinajstić information content (AvgIpc) is 3.42. The number of ether oxygens (including phenoxy) is 3. The molecule has 278 valence electrons. The zero-order valence-corrected chi connectivity index (χ0v) is 31.3. The molecule has 8 nitrogen and oxygen atoms in total. The molecule has 2 aliphatic rings. The third-order valence-electron chi connectivity index (χ3n) is 11.6. The fourth-order valence-corrected chi connectivity index (χ4v) is 8.63. The quantitative estimate of drug-likeness (QED) is 0.122. The highest BCUT2D eigenvalue weighted by molar-refractivity contribution is 5.93. The second-order valence-corrected chi connectivity index (χ2v) is 15.3. The lowest BCUT2D eigenvalue weighted by Gasteiger charge is -2.45. The van der Waals surface area contributed by atoms with Crippen molar-refractivity contribution in [3.63, 3.8) is 0 Å². The van der Waals surface area contributed by atoms with E-state index in [0.29, 0.717) is 23.0 Å². The van der Waals surface area contributed by atoms with Crippen molar-refractivity contribution in [1.29, 1.82) is 0 Å². The molecule has 1 aliphatic heterocycles. The lowest BCUT2D eigenvalue weighted by atomic mass is 9.64. The number of esters is 3. The maximum atomic E-state index is 15.0. The summed E-state index contributed by atoms with van der Waals surface area (Å²) in [6, 6.07) is 36.6. The molecule has 0 spiro atoms. The number of hydrogen-bond acceptors (Lipinski definition) is 8. The maximum absolute atomic E-state index is 15.0. The summed E-state index contributed by atoms with van der Waals surface area (Å²) >= 11 is 0. The highest BCUT2D eigenvalue weighted by Crippen LogP contribution is 2.51. The van der Waals surface area contributed by atoms with Gasteiger partial charge in [-0.15, -0.1) is 0 Å². The summed E-state index contributed by atoms with van der Waals surface area (Å²) in [6.07, 6.45) is 1.10. The highest BCUT2D eigenvalue weighted by atomic mass is 16.6. The van der Waals surface area contributed by atoms with Gasteiger partial charge in [0.1, 0.15) is 12.1 Å². The number of benzene rings is 4. The normalized spacial score (nSPS) is 26.2. The van der Waals surface area contributed by atoms with E-state index < -0.39 is 53.5 Å². The zero-order valence-electron chi connectivity index (χ0n) is 31.3. The Labute approximate surface area is 313 Å². The number of rotatable bonds is 11. The summed E-state index contributed by atoms with van der Waals surface area (Å²) in [7, 11) is 0. The van der Waals surface area contributed by atoms with Crippen LogP contribution in [0.1, 0.15) is 88.2 Å². The standard InChI is InChI=1S/C45H51NO7/c1-6-51-42(48)39-37(31-19-11-7-12-20-31)38(41(47)53-40(32-21-13-8-14-22-32)33-23-15-9-16-24-33)45(5,46(39)50)43(49)52-36-29-30(2)27-28-35(36)44(3,4)34-25-17-10-18-26-34/h7-26,30,35-40,50H,6,27-29H2,1-5H3/t30-,35-,36-,37+,38-,39+,45+/m1/s1. The molecule has 1 saturated heterocycles. The minimum atomic E-state index is -2.03. The molecule has 1 aliphatic carbocycles. The molecule has 0 unspecified atom stereocenters. The van der Waals surface area contributed by atoms with Gasteiger partial charge in [-0.25, -0.2) is 4.79 Å². The first-order chi connectivity index (χ1) is 25.5. The summed E-state index contributed by atoms with van der Waals surface area (Å²) < 4.78 is 18.5. The van der Waals surface area contributed by atoms with Crippen molar-refractivity contribution in [2.24, 2.45) is 17.8 Å². The Morgan fingerprint density at radius 2 is 1.34 bits per heavy atom. The topological polar surface area (TPSA) is 102 Å². The molecule has 0 amide bonds. The van der Waals surface area contributed by atoms with Crippen molar-refractivity contribution in [3.8, 4) is 0 Å². The van der Waals surface area contributed by atoms with Crippen LogP contribution in [0.25, 0.3) is 0 Å². The Morgan fingerprint density at radius 1 is 0.811 bits per heavy atom. The predicted molar refractivity (Wildman–Crippen MR) is 202 cm³/mol. The monoisotopic (exact) mass is 717 g/mol. The smallest absolute Gasteiger partial charge is 0.329 e. The van der Waals surface area contributed by atoms with Crippen LogP contribution in [0, 0.1) is 17.8 Å². The van der Waals surface area contributed by atoms with Gasteiger partial charge in [0, 0.05) is 11.8 Å². The SMILES string of the molecule is CCOC(=O)[C@@H]1[C@@H](c2ccccc2)[C@H](C(=O)OC(c2ccccc2)c2ccccc2)[C@@](C)(C(=O)O[C@@H]2C[C@H](C)CC[C@H]2C(C)(C)c2ccccc2)N1O. The second-order valence-electron chi connectivity index (χ2n) is 15.3. The van der Waals surface area contributed by atoms with E-state index in [4.69, 9.17) is 14.2 Å². The Kier molecular flexibility index (Phi) is 11.5. The fourth-order valence-electron chi connectivity index (χ4n) is 8.63. The van der Waals surface area contributed by atoms with Crippen molar-refractivity contribution < 1.29 is 33.8 Å². The van der Waals surface area contributed by atoms with E-state index in [1.54, 1.807) is 31.2 Å². The van der Waals surface area contributed by atoms with Gasteiger partial charge in [-0.2, -0.15) is 5.06 Å². The Balaban J connectivity index is 1.44. The van der Waals surface area contributed by atoms with Crippen LogP contribution in [0.3, 0.4) is 0 Å². The minimum Gasteiger partial charge on any atom is -0.465 e. The van der Waals surface area contributed by atoms with Gasteiger partial charge in [0.25, 0.3) is 0 Å². The first-order valence-electron chi connectivity index (χ1n) is 18.7. The van der Waals surface area contributed by atoms with Crippen molar-refractivity contribution >= 4 is 17.9 Å². The number of carbonyl (C=O) groups excluding carboxylic acids is 3. The molecular weight excluding hydrogens is 666 g/mol. The van der Waals surface area contributed by atoms with Gasteiger partial charge < -0.3 is 19.4 Å². The fraction of sp³-hybridized carbons (Fsp3) is 0.400. The van der Waals surface area contributed by atoms with Gasteiger partial charge in [-0.05, 0) is 60.3 Å². The van der Waals surface area contributed by atoms with E-state index in [0.717, 1.165) is 29.5 Å². The molecule has 0 aromatic heterocycles. The van der Waals surface area contributed by atoms with E-state index in [1.165, 1.54) is 6.92 Å². The molecule has 4 aromatic carbocycles. The largest absolute Gasteiger partial charge is 0.465 e. The van der Waals surface area contributed by atoms with Gasteiger partial charge in [0.15, 0.2) is 11.6 Å². The predicted octanol–water partition coefficient (Wildman–Crippen LogP) is 8.44. The van der Waals surface area contributed by atoms with Crippen LogP contribution >= 0.6 is 0 Å². The number of hydrogen-bond donors (Lipinski definition) is 1. The van der Waals surface area contributed by atoms with Gasteiger partial charge in [-0.3, -0.25) is 9.59 Å². The van der Waals surface area contributed by atoms with E-state index in [2.05, 4.69) is 32.9 Å². The molecule has 0 radical (unpaired) electrons. The summed E-state index contributed by atoms with van der Waals surface area (Å²) in [5, 5.41) is 12.9. The lowest BCUT2D eigenvalue weighted by Crippen LogP contribution is -2.57. The molecular formula is C45H51NO7. The molecule has 0 bridgehead atoms. The Bertz CT molecular complexity index is 1790. The second kappa shape index (κ2) is 16.1. The number of nitrogens with zero attached hydrogens (tertiary/aromatic N) is 1. The molecule has 6 rings (SSSR count). The van der Waals surface area contributed by atoms with Crippen molar-refractivity contribution in [3.05, 3.63) is 144 Å². The maximum Gasteiger partial charge on any atom is 0.329 e. The Hall–Kier alpha value is -4.79. The van der Waals surface area contributed by atoms with Crippen molar-refractivity contribution in [2.45, 2.75) is 89.0 Å². The third-order valence-corrected chi connectivity index (χ3v) is 11.6. The molecule has 53 heavy (non-hydrogen) atoms. The Morgan fingerprint density at radius 3 is 1.89 bits per heavy atom. The van der Waals surface area contributed by atoms with E-state index in [9.17, 15) is 10.0 Å². The number of carbonyl (C=O) groups is 3. The first kappa shape index (κ1) is 38.0. The summed E-state index contributed by atoms with van der Waals surface area (Å²) in [5.41, 5.74) is 0.797. The summed E-state index contributed by atoms with van der Waals surface area (Å²) in [4.78, 5) is 43.9. The van der Waals surface area contributed by atoms with Gasteiger partial charge in [-0.1, -0.05) is 149 Å².